The fourth-order valence-electron chi connectivity index (χ4n) is 1.77. The molecular formula is C13H16ClN3O2S. The number of H-pyrrole nitrogens is 1. The number of aromatic amines is 1. The molecule has 1 atom stereocenters. The summed E-state index contributed by atoms with van der Waals surface area (Å²) in [5, 5.41) is 6.72. The molecule has 1 aromatic heterocycles. The normalized spacial score (nSPS) is 13.1. The molecule has 0 spiro atoms. The molecule has 0 aliphatic heterocycles. The van der Waals surface area contributed by atoms with E-state index in [1.54, 1.807) is 25.3 Å². The van der Waals surface area contributed by atoms with Crippen LogP contribution in [0.15, 0.2) is 36.5 Å². The monoisotopic (exact) mass is 313 g/mol. The highest BCUT2D eigenvalue weighted by atomic mass is 35.5. The van der Waals surface area contributed by atoms with Gasteiger partial charge in [0.05, 0.1) is 11.4 Å². The number of sulfonamides is 1. The molecule has 5 nitrogen and oxygen atoms in total. The number of halogens is 1. The standard InChI is InChI=1S/C13H16ClN3O2S/c1-10(8-14)9-20(18,19)17-12-4-2-11(3-5-12)13-6-7-15-16-13/h2-7,10,17H,8-9H2,1H3,(H,15,16). The Labute approximate surface area is 123 Å². The summed E-state index contributed by atoms with van der Waals surface area (Å²) < 4.78 is 26.3. The molecule has 1 aromatic carbocycles. The minimum Gasteiger partial charge on any atom is -0.284 e. The van der Waals surface area contributed by atoms with Crippen LogP contribution in [0.2, 0.25) is 0 Å². The van der Waals surface area contributed by atoms with E-state index in [0.29, 0.717) is 11.6 Å². The molecule has 0 aliphatic carbocycles. The number of hydrogen-bond acceptors (Lipinski definition) is 3. The van der Waals surface area contributed by atoms with E-state index in [0.717, 1.165) is 11.3 Å². The van der Waals surface area contributed by atoms with Gasteiger partial charge in [-0.15, -0.1) is 11.6 Å². The van der Waals surface area contributed by atoms with E-state index < -0.39 is 10.0 Å². The van der Waals surface area contributed by atoms with Gasteiger partial charge in [0.15, 0.2) is 0 Å². The zero-order chi connectivity index (χ0) is 14.6. The third-order valence-corrected chi connectivity index (χ3v) is 4.82. The third-order valence-electron chi connectivity index (χ3n) is 2.74. The average molecular weight is 314 g/mol. The lowest BCUT2D eigenvalue weighted by Gasteiger charge is -2.11. The van der Waals surface area contributed by atoms with E-state index in [4.69, 9.17) is 11.6 Å². The Hall–Kier alpha value is -1.53. The maximum Gasteiger partial charge on any atom is 0.233 e. The van der Waals surface area contributed by atoms with Gasteiger partial charge in [0, 0.05) is 17.8 Å². The van der Waals surface area contributed by atoms with Crippen molar-refractivity contribution >= 4 is 27.3 Å². The molecule has 0 saturated carbocycles. The number of rotatable bonds is 6. The van der Waals surface area contributed by atoms with Gasteiger partial charge >= 0.3 is 0 Å². The quantitative estimate of drug-likeness (QED) is 0.805. The van der Waals surface area contributed by atoms with Gasteiger partial charge in [0.2, 0.25) is 10.0 Å². The summed E-state index contributed by atoms with van der Waals surface area (Å²) in [7, 11) is -3.37. The number of aromatic nitrogens is 2. The molecule has 108 valence electrons. The number of benzene rings is 1. The van der Waals surface area contributed by atoms with Gasteiger partial charge < -0.3 is 0 Å². The van der Waals surface area contributed by atoms with Crippen LogP contribution in [-0.2, 0) is 10.0 Å². The van der Waals surface area contributed by atoms with Gasteiger partial charge in [-0.3, -0.25) is 9.82 Å². The Kier molecular flexibility index (Phi) is 4.67. The zero-order valence-electron chi connectivity index (χ0n) is 11.0. The largest absolute Gasteiger partial charge is 0.284 e. The van der Waals surface area contributed by atoms with E-state index >= 15 is 0 Å². The Morgan fingerprint density at radius 1 is 1.30 bits per heavy atom. The second-order valence-electron chi connectivity index (χ2n) is 4.69. The van der Waals surface area contributed by atoms with Crippen LogP contribution in [0.4, 0.5) is 5.69 Å². The Morgan fingerprint density at radius 2 is 2.00 bits per heavy atom. The number of nitrogens with zero attached hydrogens (tertiary/aromatic N) is 1. The molecule has 2 N–H and O–H groups in total. The molecule has 1 unspecified atom stereocenters. The molecule has 0 saturated heterocycles. The van der Waals surface area contributed by atoms with Crippen LogP contribution in [0.3, 0.4) is 0 Å². The molecule has 2 aromatic rings. The van der Waals surface area contributed by atoms with Crippen molar-refractivity contribution in [2.24, 2.45) is 5.92 Å². The van der Waals surface area contributed by atoms with Crippen LogP contribution in [0.5, 0.6) is 0 Å². The first-order valence-corrected chi connectivity index (χ1v) is 8.35. The minimum absolute atomic E-state index is 0.0127. The molecule has 1 heterocycles. The minimum atomic E-state index is -3.37. The molecule has 0 amide bonds. The highest BCUT2D eigenvalue weighted by Crippen LogP contribution is 2.19. The molecule has 2 rings (SSSR count). The van der Waals surface area contributed by atoms with Crippen molar-refractivity contribution in [2.45, 2.75) is 6.92 Å². The van der Waals surface area contributed by atoms with Crippen molar-refractivity contribution in [1.29, 1.82) is 0 Å². The lowest BCUT2D eigenvalue weighted by atomic mass is 10.1. The second-order valence-corrected chi connectivity index (χ2v) is 6.77. The van der Waals surface area contributed by atoms with Crippen LogP contribution in [0.25, 0.3) is 11.3 Å². The van der Waals surface area contributed by atoms with Gasteiger partial charge in [0.25, 0.3) is 0 Å². The number of nitrogens with one attached hydrogen (secondary N) is 2. The molecule has 20 heavy (non-hydrogen) atoms. The Bertz CT molecular complexity index is 639. The Balaban J connectivity index is 2.07. The fourth-order valence-corrected chi connectivity index (χ4v) is 3.46. The summed E-state index contributed by atoms with van der Waals surface area (Å²) in [6, 6.07) is 8.95. The van der Waals surface area contributed by atoms with Crippen LogP contribution in [-0.4, -0.2) is 30.2 Å². The van der Waals surface area contributed by atoms with E-state index in [1.807, 2.05) is 18.2 Å². The molecule has 7 heteroatoms. The van der Waals surface area contributed by atoms with Gasteiger partial charge in [-0.2, -0.15) is 5.10 Å². The first-order valence-electron chi connectivity index (χ1n) is 6.16. The molecule has 0 radical (unpaired) electrons. The van der Waals surface area contributed by atoms with E-state index in [-0.39, 0.29) is 11.7 Å². The highest BCUT2D eigenvalue weighted by molar-refractivity contribution is 7.92. The van der Waals surface area contributed by atoms with Gasteiger partial charge in [0.1, 0.15) is 0 Å². The first-order chi connectivity index (χ1) is 9.50. The van der Waals surface area contributed by atoms with Crippen molar-refractivity contribution in [3.05, 3.63) is 36.5 Å². The lowest BCUT2D eigenvalue weighted by Crippen LogP contribution is -2.22. The van der Waals surface area contributed by atoms with Crippen LogP contribution in [0, 0.1) is 5.92 Å². The maximum absolute atomic E-state index is 11.9. The number of hydrogen-bond donors (Lipinski definition) is 2. The van der Waals surface area contributed by atoms with Crippen molar-refractivity contribution in [1.82, 2.24) is 10.2 Å². The zero-order valence-corrected chi connectivity index (χ0v) is 12.6. The molecule has 0 aliphatic rings. The summed E-state index contributed by atoms with van der Waals surface area (Å²) in [6.07, 6.45) is 1.67. The number of anilines is 1. The van der Waals surface area contributed by atoms with E-state index in [2.05, 4.69) is 14.9 Å². The molecule has 0 bridgehead atoms. The highest BCUT2D eigenvalue weighted by Gasteiger charge is 2.15. The van der Waals surface area contributed by atoms with Crippen molar-refractivity contribution in [3.8, 4) is 11.3 Å². The van der Waals surface area contributed by atoms with Gasteiger partial charge in [-0.25, -0.2) is 8.42 Å². The summed E-state index contributed by atoms with van der Waals surface area (Å²) in [6.45, 7) is 1.80. The van der Waals surface area contributed by atoms with Crippen molar-refractivity contribution in [3.63, 3.8) is 0 Å². The average Bonchev–Trinajstić information content (AvgIpc) is 2.92. The third kappa shape index (κ3) is 3.98. The van der Waals surface area contributed by atoms with Gasteiger partial charge in [-0.05, 0) is 29.7 Å². The van der Waals surface area contributed by atoms with Crippen LogP contribution >= 0.6 is 11.6 Å². The molecule has 0 fully saturated rings. The molecular weight excluding hydrogens is 298 g/mol. The summed E-state index contributed by atoms with van der Waals surface area (Å²) >= 11 is 5.64. The Morgan fingerprint density at radius 3 is 2.55 bits per heavy atom. The van der Waals surface area contributed by atoms with Crippen molar-refractivity contribution < 1.29 is 8.42 Å². The maximum atomic E-state index is 11.9. The second kappa shape index (κ2) is 6.28. The van der Waals surface area contributed by atoms with Crippen LogP contribution < -0.4 is 4.72 Å². The summed E-state index contributed by atoms with van der Waals surface area (Å²) in [4.78, 5) is 0. The predicted octanol–water partition coefficient (Wildman–Crippen LogP) is 2.69. The summed E-state index contributed by atoms with van der Waals surface area (Å²) in [5.41, 5.74) is 2.37. The van der Waals surface area contributed by atoms with Crippen molar-refractivity contribution in [2.75, 3.05) is 16.4 Å². The predicted molar refractivity (Wildman–Crippen MR) is 81.3 cm³/mol. The van der Waals surface area contributed by atoms with Crippen LogP contribution in [0.1, 0.15) is 6.92 Å². The van der Waals surface area contributed by atoms with E-state index in [9.17, 15) is 8.42 Å². The smallest absolute Gasteiger partial charge is 0.233 e. The first kappa shape index (κ1) is 14.9. The fraction of sp³-hybridized carbons (Fsp3) is 0.308. The number of alkyl halides is 1. The topological polar surface area (TPSA) is 74.8 Å². The lowest BCUT2D eigenvalue weighted by molar-refractivity contribution is 0.588. The SMILES string of the molecule is CC(CCl)CS(=O)(=O)Nc1ccc(-c2ccn[nH]2)cc1. The summed E-state index contributed by atoms with van der Waals surface area (Å²) in [5.74, 6) is 0.247. The van der Waals surface area contributed by atoms with Gasteiger partial charge in [-0.1, -0.05) is 19.1 Å². The van der Waals surface area contributed by atoms with E-state index in [1.165, 1.54) is 0 Å².